The van der Waals surface area contributed by atoms with Crippen molar-refractivity contribution in [2.24, 2.45) is 5.92 Å². The zero-order valence-corrected chi connectivity index (χ0v) is 13.5. The molecule has 1 aliphatic carbocycles. The monoisotopic (exact) mass is 339 g/mol. The molecule has 0 unspecified atom stereocenters. The van der Waals surface area contributed by atoms with Crippen LogP contribution in [0.2, 0.25) is 0 Å². The standard InChI is InChI=1S/C15H18BrNO3/c1-4-17(14(18)10-5-6-10)13-8-11(16)7-12(9(13)2)15(19)20-3/h7-8,10H,4-6H2,1-3H3. The minimum absolute atomic E-state index is 0.143. The minimum atomic E-state index is -0.389. The Morgan fingerprint density at radius 1 is 1.40 bits per heavy atom. The molecule has 0 atom stereocenters. The Labute approximate surface area is 127 Å². The zero-order chi connectivity index (χ0) is 14.9. The van der Waals surface area contributed by atoms with Crippen molar-refractivity contribution in [3.8, 4) is 0 Å². The smallest absolute Gasteiger partial charge is 0.338 e. The SMILES string of the molecule is CCN(C(=O)C1CC1)c1cc(Br)cc(C(=O)OC)c1C. The summed E-state index contributed by atoms with van der Waals surface area (Å²) in [5.74, 6) is -0.0978. The Morgan fingerprint density at radius 2 is 2.05 bits per heavy atom. The number of ether oxygens (including phenoxy) is 1. The summed E-state index contributed by atoms with van der Waals surface area (Å²) in [7, 11) is 1.36. The molecule has 4 nitrogen and oxygen atoms in total. The molecule has 0 aromatic heterocycles. The molecule has 0 heterocycles. The van der Waals surface area contributed by atoms with Crippen LogP contribution in [-0.4, -0.2) is 25.5 Å². The van der Waals surface area contributed by atoms with Gasteiger partial charge in [0.1, 0.15) is 0 Å². The zero-order valence-electron chi connectivity index (χ0n) is 11.9. The quantitative estimate of drug-likeness (QED) is 0.790. The molecular formula is C15H18BrNO3. The molecule has 0 aliphatic heterocycles. The topological polar surface area (TPSA) is 46.6 Å². The van der Waals surface area contributed by atoms with Crippen molar-refractivity contribution in [2.45, 2.75) is 26.7 Å². The Kier molecular flexibility index (Phi) is 4.48. The summed E-state index contributed by atoms with van der Waals surface area (Å²) in [6.45, 7) is 4.38. The molecule has 1 aromatic carbocycles. The third-order valence-corrected chi connectivity index (χ3v) is 4.01. The third kappa shape index (κ3) is 2.87. The van der Waals surface area contributed by atoms with Crippen LogP contribution in [0.1, 0.15) is 35.7 Å². The van der Waals surface area contributed by atoms with Crippen LogP contribution in [0.4, 0.5) is 5.69 Å². The van der Waals surface area contributed by atoms with E-state index < -0.39 is 0 Å². The molecule has 5 heteroatoms. The van der Waals surface area contributed by atoms with Gasteiger partial charge in [0.15, 0.2) is 0 Å². The summed E-state index contributed by atoms with van der Waals surface area (Å²) < 4.78 is 5.56. The van der Waals surface area contributed by atoms with Crippen LogP contribution in [0.15, 0.2) is 16.6 Å². The van der Waals surface area contributed by atoms with Crippen LogP contribution in [-0.2, 0) is 9.53 Å². The molecule has 0 N–H and O–H groups in total. The van der Waals surface area contributed by atoms with Crippen LogP contribution in [0.5, 0.6) is 0 Å². The van der Waals surface area contributed by atoms with Gasteiger partial charge in [0.05, 0.1) is 12.7 Å². The van der Waals surface area contributed by atoms with E-state index in [1.165, 1.54) is 7.11 Å². The number of carbonyl (C=O) groups excluding carboxylic acids is 2. The first kappa shape index (κ1) is 15.0. The number of halogens is 1. The molecule has 1 aromatic rings. The second-order valence-corrected chi connectivity index (χ2v) is 5.86. The highest BCUT2D eigenvalue weighted by atomic mass is 79.9. The van der Waals surface area contributed by atoms with Gasteiger partial charge >= 0.3 is 5.97 Å². The summed E-state index contributed by atoms with van der Waals surface area (Å²) in [6.07, 6.45) is 1.93. The molecule has 0 bridgehead atoms. The highest BCUT2D eigenvalue weighted by Gasteiger charge is 2.34. The van der Waals surface area contributed by atoms with E-state index in [4.69, 9.17) is 4.74 Å². The minimum Gasteiger partial charge on any atom is -0.465 e. The Hall–Kier alpha value is -1.36. The van der Waals surface area contributed by atoms with Crippen molar-refractivity contribution in [1.29, 1.82) is 0 Å². The molecule has 0 spiro atoms. The lowest BCUT2D eigenvalue weighted by atomic mass is 10.1. The molecular weight excluding hydrogens is 322 g/mol. The number of amides is 1. The predicted molar refractivity (Wildman–Crippen MR) is 81.0 cm³/mol. The van der Waals surface area contributed by atoms with E-state index >= 15 is 0 Å². The van der Waals surface area contributed by atoms with Crippen LogP contribution < -0.4 is 4.90 Å². The van der Waals surface area contributed by atoms with Gasteiger partial charge in [-0.15, -0.1) is 0 Å². The number of rotatable bonds is 4. The van der Waals surface area contributed by atoms with Crippen molar-refractivity contribution in [2.75, 3.05) is 18.6 Å². The summed E-state index contributed by atoms with van der Waals surface area (Å²) in [5, 5.41) is 0. The number of methoxy groups -OCH3 is 1. The first-order valence-electron chi connectivity index (χ1n) is 6.69. The van der Waals surface area contributed by atoms with Gasteiger partial charge in [0.2, 0.25) is 5.91 Å². The van der Waals surface area contributed by atoms with Gasteiger partial charge in [-0.25, -0.2) is 4.79 Å². The van der Waals surface area contributed by atoms with E-state index in [0.717, 1.165) is 28.6 Å². The maximum atomic E-state index is 12.3. The average Bonchev–Trinajstić information content (AvgIpc) is 3.26. The molecule has 0 radical (unpaired) electrons. The Balaban J connectivity index is 2.46. The van der Waals surface area contributed by atoms with Gasteiger partial charge in [-0.3, -0.25) is 4.79 Å². The van der Waals surface area contributed by atoms with Crippen LogP contribution in [0.25, 0.3) is 0 Å². The Morgan fingerprint density at radius 3 is 2.55 bits per heavy atom. The average molecular weight is 340 g/mol. The van der Waals surface area contributed by atoms with Crippen molar-refractivity contribution in [1.82, 2.24) is 0 Å². The Bertz CT molecular complexity index is 552. The van der Waals surface area contributed by atoms with Gasteiger partial charge in [0, 0.05) is 22.6 Å². The molecule has 108 valence electrons. The van der Waals surface area contributed by atoms with Crippen molar-refractivity contribution >= 4 is 33.5 Å². The van der Waals surface area contributed by atoms with E-state index in [1.807, 2.05) is 19.9 Å². The first-order valence-corrected chi connectivity index (χ1v) is 7.48. The number of carbonyl (C=O) groups is 2. The fourth-order valence-corrected chi connectivity index (χ4v) is 2.71. The van der Waals surface area contributed by atoms with Crippen LogP contribution in [0, 0.1) is 12.8 Å². The van der Waals surface area contributed by atoms with E-state index in [1.54, 1.807) is 11.0 Å². The van der Waals surface area contributed by atoms with Crippen LogP contribution in [0.3, 0.4) is 0 Å². The van der Waals surface area contributed by atoms with Crippen molar-refractivity contribution in [3.05, 3.63) is 27.7 Å². The van der Waals surface area contributed by atoms with Crippen molar-refractivity contribution < 1.29 is 14.3 Å². The fourth-order valence-electron chi connectivity index (χ4n) is 2.26. The van der Waals surface area contributed by atoms with Gasteiger partial charge < -0.3 is 9.64 Å². The number of hydrogen-bond acceptors (Lipinski definition) is 3. The second-order valence-electron chi connectivity index (χ2n) is 4.95. The highest BCUT2D eigenvalue weighted by molar-refractivity contribution is 9.10. The lowest BCUT2D eigenvalue weighted by Gasteiger charge is -2.24. The lowest BCUT2D eigenvalue weighted by molar-refractivity contribution is -0.119. The van der Waals surface area contributed by atoms with Crippen molar-refractivity contribution in [3.63, 3.8) is 0 Å². The lowest BCUT2D eigenvalue weighted by Crippen LogP contribution is -2.32. The second kappa shape index (κ2) is 5.95. The normalized spacial score (nSPS) is 14.0. The van der Waals surface area contributed by atoms with E-state index in [9.17, 15) is 9.59 Å². The number of hydrogen-bond donors (Lipinski definition) is 0. The summed E-state index contributed by atoms with van der Waals surface area (Å²) in [5.41, 5.74) is 2.04. The van der Waals surface area contributed by atoms with E-state index in [0.29, 0.717) is 12.1 Å². The van der Waals surface area contributed by atoms with Crippen LogP contribution >= 0.6 is 15.9 Å². The van der Waals surface area contributed by atoms with E-state index in [-0.39, 0.29) is 17.8 Å². The third-order valence-electron chi connectivity index (χ3n) is 3.55. The molecule has 20 heavy (non-hydrogen) atoms. The number of anilines is 1. The molecule has 1 aliphatic rings. The summed E-state index contributed by atoms with van der Waals surface area (Å²) in [6, 6.07) is 3.60. The van der Waals surface area contributed by atoms with Gasteiger partial charge in [-0.05, 0) is 44.4 Å². The molecule has 1 saturated carbocycles. The maximum absolute atomic E-state index is 12.3. The van der Waals surface area contributed by atoms with Gasteiger partial charge in [-0.2, -0.15) is 0 Å². The molecule has 1 amide bonds. The van der Waals surface area contributed by atoms with Gasteiger partial charge in [-0.1, -0.05) is 15.9 Å². The first-order chi connectivity index (χ1) is 9.49. The summed E-state index contributed by atoms with van der Waals surface area (Å²) >= 11 is 3.40. The fraction of sp³-hybridized carbons (Fsp3) is 0.467. The molecule has 1 fully saturated rings. The number of esters is 1. The summed E-state index contributed by atoms with van der Waals surface area (Å²) in [4.78, 5) is 25.9. The predicted octanol–water partition coefficient (Wildman–Crippen LogP) is 3.31. The van der Waals surface area contributed by atoms with E-state index in [2.05, 4.69) is 15.9 Å². The van der Waals surface area contributed by atoms with Gasteiger partial charge in [0.25, 0.3) is 0 Å². The largest absolute Gasteiger partial charge is 0.465 e. The molecule has 2 rings (SSSR count). The molecule has 0 saturated heterocycles. The number of benzene rings is 1. The maximum Gasteiger partial charge on any atom is 0.338 e. The number of nitrogens with zero attached hydrogens (tertiary/aromatic N) is 1. The highest BCUT2D eigenvalue weighted by Crippen LogP contribution is 2.35.